The molecular weight excluding hydrogens is 411 g/mol. The molecule has 7 heteroatoms. The summed E-state index contributed by atoms with van der Waals surface area (Å²) in [6, 6.07) is 8.64. The highest BCUT2D eigenvalue weighted by Gasteiger charge is 2.18. The number of carbonyl (C=O) groups is 2. The van der Waals surface area contributed by atoms with Gasteiger partial charge < -0.3 is 15.0 Å². The molecule has 1 N–H and O–H groups in total. The fourth-order valence-corrected chi connectivity index (χ4v) is 3.42. The number of likely N-dealkylation sites (N-methyl/N-ethyl adjacent to an activating group) is 1. The zero-order valence-electron chi connectivity index (χ0n) is 17.3. The van der Waals surface area contributed by atoms with Crippen LogP contribution in [-0.4, -0.2) is 43.5 Å². The van der Waals surface area contributed by atoms with Crippen molar-refractivity contribution in [3.8, 4) is 5.75 Å². The normalized spacial score (nSPS) is 12.0. The molecule has 0 bridgehead atoms. The van der Waals surface area contributed by atoms with E-state index in [4.69, 9.17) is 27.9 Å². The number of ether oxygens (including phenoxy) is 1. The van der Waals surface area contributed by atoms with Gasteiger partial charge in [0.2, 0.25) is 0 Å². The Morgan fingerprint density at radius 2 is 1.69 bits per heavy atom. The number of nitrogens with one attached hydrogen (secondary N) is 1. The SMILES string of the molecule is CC(=O)Oc1cc(C)c(CC(CNC(=O)c2ccc(Cl)c(Cl)c2)N(C)C)c(C)c1. The summed E-state index contributed by atoms with van der Waals surface area (Å²) in [4.78, 5) is 25.8. The van der Waals surface area contributed by atoms with Crippen LogP contribution in [0.2, 0.25) is 10.0 Å². The van der Waals surface area contributed by atoms with Crippen molar-refractivity contribution in [1.82, 2.24) is 10.2 Å². The van der Waals surface area contributed by atoms with Crippen molar-refractivity contribution >= 4 is 35.1 Å². The summed E-state index contributed by atoms with van der Waals surface area (Å²) in [5.74, 6) is 0.00683. The molecule has 5 nitrogen and oxygen atoms in total. The lowest BCUT2D eigenvalue weighted by molar-refractivity contribution is -0.131. The number of benzene rings is 2. The minimum Gasteiger partial charge on any atom is -0.427 e. The average Bonchev–Trinajstić information content (AvgIpc) is 2.61. The Hall–Kier alpha value is -2.08. The van der Waals surface area contributed by atoms with Crippen molar-refractivity contribution in [2.75, 3.05) is 20.6 Å². The molecule has 0 aliphatic carbocycles. The van der Waals surface area contributed by atoms with Gasteiger partial charge in [-0.25, -0.2) is 0 Å². The molecule has 0 aliphatic heterocycles. The monoisotopic (exact) mass is 436 g/mol. The molecule has 0 spiro atoms. The third-order valence-electron chi connectivity index (χ3n) is 4.78. The first kappa shape index (κ1) is 23.2. The van der Waals surface area contributed by atoms with Crippen LogP contribution in [0.1, 0.15) is 34.0 Å². The number of nitrogens with zero attached hydrogens (tertiary/aromatic N) is 1. The molecule has 29 heavy (non-hydrogen) atoms. The highest BCUT2D eigenvalue weighted by atomic mass is 35.5. The first-order valence-corrected chi connectivity index (χ1v) is 10.0. The van der Waals surface area contributed by atoms with Crippen LogP contribution in [0, 0.1) is 13.8 Å². The smallest absolute Gasteiger partial charge is 0.308 e. The average molecular weight is 437 g/mol. The molecule has 1 unspecified atom stereocenters. The van der Waals surface area contributed by atoms with Crippen LogP contribution >= 0.6 is 23.2 Å². The van der Waals surface area contributed by atoms with E-state index in [-0.39, 0.29) is 17.9 Å². The van der Waals surface area contributed by atoms with Gasteiger partial charge in [0.25, 0.3) is 5.91 Å². The predicted molar refractivity (Wildman–Crippen MR) is 117 cm³/mol. The maximum absolute atomic E-state index is 12.5. The summed E-state index contributed by atoms with van der Waals surface area (Å²) >= 11 is 11.9. The van der Waals surface area contributed by atoms with Gasteiger partial charge in [-0.15, -0.1) is 0 Å². The molecule has 0 aliphatic rings. The van der Waals surface area contributed by atoms with Gasteiger partial charge in [-0.2, -0.15) is 0 Å². The summed E-state index contributed by atoms with van der Waals surface area (Å²) in [7, 11) is 3.96. The van der Waals surface area contributed by atoms with Crippen molar-refractivity contribution in [2.24, 2.45) is 0 Å². The second kappa shape index (κ2) is 10.1. The van der Waals surface area contributed by atoms with E-state index in [1.54, 1.807) is 18.2 Å². The van der Waals surface area contributed by atoms with Gasteiger partial charge in [-0.1, -0.05) is 23.2 Å². The van der Waals surface area contributed by atoms with E-state index in [1.165, 1.54) is 12.5 Å². The zero-order chi connectivity index (χ0) is 21.7. The largest absolute Gasteiger partial charge is 0.427 e. The Morgan fingerprint density at radius 3 is 2.21 bits per heavy atom. The molecule has 0 saturated heterocycles. The van der Waals surface area contributed by atoms with Crippen molar-refractivity contribution in [3.05, 3.63) is 62.6 Å². The molecule has 2 rings (SSSR count). The Kier molecular flexibility index (Phi) is 8.08. The summed E-state index contributed by atoms with van der Waals surface area (Å²) in [6.45, 7) is 5.85. The van der Waals surface area contributed by atoms with Gasteiger partial charge in [0, 0.05) is 25.1 Å². The molecule has 0 radical (unpaired) electrons. The summed E-state index contributed by atoms with van der Waals surface area (Å²) < 4.78 is 5.20. The predicted octanol–water partition coefficient (Wildman–Crippen LogP) is 4.44. The molecule has 0 heterocycles. The van der Waals surface area contributed by atoms with E-state index in [2.05, 4.69) is 10.2 Å². The Bertz CT molecular complexity index is 890. The van der Waals surface area contributed by atoms with Gasteiger partial charge >= 0.3 is 5.97 Å². The maximum atomic E-state index is 12.5. The number of amides is 1. The van der Waals surface area contributed by atoms with E-state index >= 15 is 0 Å². The van der Waals surface area contributed by atoms with Crippen LogP contribution in [-0.2, 0) is 11.2 Å². The standard InChI is InChI=1S/C22H26Cl2N2O3/c1-13-8-18(29-15(3)27)9-14(2)19(13)11-17(26(4)5)12-25-22(28)16-6-7-20(23)21(24)10-16/h6-10,17H,11-12H2,1-5H3,(H,25,28). The lowest BCUT2D eigenvalue weighted by atomic mass is 9.95. The fraction of sp³-hybridized carbons (Fsp3) is 0.364. The molecule has 0 aromatic heterocycles. The van der Waals surface area contributed by atoms with E-state index in [0.29, 0.717) is 27.9 Å². The van der Waals surface area contributed by atoms with Crippen molar-refractivity contribution in [2.45, 2.75) is 33.2 Å². The highest BCUT2D eigenvalue weighted by molar-refractivity contribution is 6.42. The maximum Gasteiger partial charge on any atom is 0.308 e. The zero-order valence-corrected chi connectivity index (χ0v) is 18.8. The third kappa shape index (κ3) is 6.46. The number of hydrogen-bond donors (Lipinski definition) is 1. The Balaban J connectivity index is 2.11. The first-order chi connectivity index (χ1) is 13.6. The van der Waals surface area contributed by atoms with E-state index < -0.39 is 0 Å². The van der Waals surface area contributed by atoms with Crippen LogP contribution in [0.25, 0.3) is 0 Å². The summed E-state index contributed by atoms with van der Waals surface area (Å²) in [6.07, 6.45) is 0.743. The minimum absolute atomic E-state index is 0.0821. The van der Waals surface area contributed by atoms with Gasteiger partial charge in [-0.05, 0) is 81.4 Å². The molecule has 0 saturated carbocycles. The van der Waals surface area contributed by atoms with Crippen molar-refractivity contribution in [1.29, 1.82) is 0 Å². The number of halogens is 2. The van der Waals surface area contributed by atoms with Crippen LogP contribution in [0.3, 0.4) is 0 Å². The molecule has 0 fully saturated rings. The number of aryl methyl sites for hydroxylation is 2. The van der Waals surface area contributed by atoms with E-state index in [1.807, 2.05) is 40.1 Å². The van der Waals surface area contributed by atoms with Crippen molar-refractivity contribution < 1.29 is 14.3 Å². The van der Waals surface area contributed by atoms with Gasteiger partial charge in [0.15, 0.2) is 0 Å². The second-order valence-corrected chi connectivity index (χ2v) is 8.10. The second-order valence-electron chi connectivity index (χ2n) is 7.29. The number of rotatable bonds is 7. The lowest BCUT2D eigenvalue weighted by Crippen LogP contribution is -2.41. The molecule has 2 aromatic carbocycles. The van der Waals surface area contributed by atoms with Gasteiger partial charge in [-0.3, -0.25) is 9.59 Å². The lowest BCUT2D eigenvalue weighted by Gasteiger charge is -2.26. The molecule has 156 valence electrons. The van der Waals surface area contributed by atoms with Crippen LogP contribution in [0.4, 0.5) is 0 Å². The Labute approximate surface area is 181 Å². The molecule has 1 atom stereocenters. The number of esters is 1. The van der Waals surface area contributed by atoms with Crippen LogP contribution < -0.4 is 10.1 Å². The summed E-state index contributed by atoms with van der Waals surface area (Å²) in [5, 5.41) is 3.74. The first-order valence-electron chi connectivity index (χ1n) is 9.26. The minimum atomic E-state index is -0.340. The van der Waals surface area contributed by atoms with Crippen molar-refractivity contribution in [3.63, 3.8) is 0 Å². The van der Waals surface area contributed by atoms with Gasteiger partial charge in [0.1, 0.15) is 5.75 Å². The van der Waals surface area contributed by atoms with E-state index in [9.17, 15) is 9.59 Å². The highest BCUT2D eigenvalue weighted by Crippen LogP contribution is 2.24. The van der Waals surface area contributed by atoms with Crippen LogP contribution in [0.5, 0.6) is 5.75 Å². The quantitative estimate of drug-likeness (QED) is 0.514. The van der Waals surface area contributed by atoms with Crippen LogP contribution in [0.15, 0.2) is 30.3 Å². The fourth-order valence-electron chi connectivity index (χ4n) is 3.12. The summed E-state index contributed by atoms with van der Waals surface area (Å²) in [5.41, 5.74) is 3.73. The van der Waals surface area contributed by atoms with Gasteiger partial charge in [0.05, 0.1) is 10.0 Å². The molecule has 1 amide bonds. The van der Waals surface area contributed by atoms with E-state index in [0.717, 1.165) is 17.5 Å². The topological polar surface area (TPSA) is 58.6 Å². The third-order valence-corrected chi connectivity index (χ3v) is 5.52. The molecule has 2 aromatic rings. The molecular formula is C22H26Cl2N2O3. The Morgan fingerprint density at radius 1 is 1.07 bits per heavy atom. The number of hydrogen-bond acceptors (Lipinski definition) is 4. The number of carbonyl (C=O) groups excluding carboxylic acids is 2.